The van der Waals surface area contributed by atoms with Crippen LogP contribution in [-0.4, -0.2) is 65.1 Å². The van der Waals surface area contributed by atoms with Gasteiger partial charge in [-0.3, -0.25) is 9.69 Å². The highest BCUT2D eigenvalue weighted by Crippen LogP contribution is 2.36. The minimum absolute atomic E-state index is 0.217. The maximum absolute atomic E-state index is 13.3. The molecule has 3 aromatic rings. The Morgan fingerprint density at radius 2 is 1.65 bits per heavy atom. The molecule has 234 valence electrons. The molecule has 2 saturated heterocycles. The van der Waals surface area contributed by atoms with Crippen molar-refractivity contribution in [3.63, 3.8) is 0 Å². The molecule has 2 unspecified atom stereocenters. The average Bonchev–Trinajstić information content (AvgIpc) is 3.55. The first-order chi connectivity index (χ1) is 20.3. The summed E-state index contributed by atoms with van der Waals surface area (Å²) in [6, 6.07) is 9.83. The summed E-state index contributed by atoms with van der Waals surface area (Å²) < 4.78 is 40.0. The molecule has 0 bridgehead atoms. The van der Waals surface area contributed by atoms with E-state index in [1.807, 2.05) is 31.7 Å². The Hall–Kier alpha value is -2.75. The molecule has 2 fully saturated rings. The third kappa shape index (κ3) is 8.89. The molecule has 43 heavy (non-hydrogen) atoms. The molecule has 0 saturated carbocycles. The first kappa shape index (κ1) is 33.1. The van der Waals surface area contributed by atoms with E-state index in [0.29, 0.717) is 24.4 Å². The van der Waals surface area contributed by atoms with Crippen molar-refractivity contribution in [2.75, 3.05) is 33.2 Å². The number of benzene rings is 2. The van der Waals surface area contributed by atoms with E-state index in [2.05, 4.69) is 18.9 Å². The fourth-order valence-electron chi connectivity index (χ4n) is 6.35. The molecule has 2 aliphatic heterocycles. The van der Waals surface area contributed by atoms with Gasteiger partial charge in [0.1, 0.15) is 23.5 Å². The predicted octanol–water partition coefficient (Wildman–Crippen LogP) is 7.50. The fraction of sp³-hybridized carbons (Fsp3) is 0.529. The molecule has 9 heteroatoms. The molecule has 5 rings (SSSR count). The number of aryl methyl sites for hydroxylation is 1. The maximum atomic E-state index is 13.3. The Kier molecular flexibility index (Phi) is 11.1. The topological polar surface area (TPSA) is 56.7 Å². The van der Waals surface area contributed by atoms with Gasteiger partial charge in [0.2, 0.25) is 0 Å². The zero-order chi connectivity index (χ0) is 31.3. The van der Waals surface area contributed by atoms with Crippen LogP contribution in [0.3, 0.4) is 0 Å². The van der Waals surface area contributed by atoms with Gasteiger partial charge in [0.25, 0.3) is 0 Å². The second-order valence-corrected chi connectivity index (χ2v) is 14.1. The van der Waals surface area contributed by atoms with Crippen LogP contribution in [0.5, 0.6) is 0 Å². The second-order valence-electron chi connectivity index (χ2n) is 12.9. The van der Waals surface area contributed by atoms with Gasteiger partial charge >= 0.3 is 5.97 Å². The highest BCUT2D eigenvalue weighted by atomic mass is 32.1. The summed E-state index contributed by atoms with van der Waals surface area (Å²) >= 11 is 1.72. The summed E-state index contributed by atoms with van der Waals surface area (Å²) in [5.74, 6) is -1.26. The standard InChI is InChI=1S/C18H22F2N2S.C16H22FNO2/c1-3-16-18(13-4-6-22(2)7-5-13)23-17(21-16)10-12-8-14(19)11-15(20)9-12;1-16(2,3)14(15(19)20)18-8-7-12(10-18)11-5-4-6-13(17)9-11/h8-9,11,13H,3-7,10H2,1-2H3;4-6,9,12,14H,7-8,10H2,1-3H3,(H,19,20). The van der Waals surface area contributed by atoms with E-state index in [1.54, 1.807) is 23.5 Å². The smallest absolute Gasteiger partial charge is 0.321 e. The molecule has 3 heterocycles. The van der Waals surface area contributed by atoms with E-state index in [-0.39, 0.29) is 17.2 Å². The molecule has 1 aromatic heterocycles. The predicted molar refractivity (Wildman–Crippen MR) is 166 cm³/mol. The number of nitrogens with zero attached hydrogens (tertiary/aromatic N) is 3. The fourth-order valence-corrected chi connectivity index (χ4v) is 7.71. The monoisotopic (exact) mass is 615 g/mol. The molecule has 2 aliphatic rings. The molecule has 0 amide bonds. The van der Waals surface area contributed by atoms with Crippen molar-refractivity contribution in [2.45, 2.75) is 77.7 Å². The van der Waals surface area contributed by atoms with Crippen LogP contribution in [-0.2, 0) is 17.6 Å². The van der Waals surface area contributed by atoms with Crippen molar-refractivity contribution in [1.29, 1.82) is 0 Å². The van der Waals surface area contributed by atoms with Crippen molar-refractivity contribution in [1.82, 2.24) is 14.8 Å². The van der Waals surface area contributed by atoms with Crippen LogP contribution in [0.25, 0.3) is 0 Å². The summed E-state index contributed by atoms with van der Waals surface area (Å²) in [6.07, 6.45) is 4.62. The zero-order valence-corrected chi connectivity index (χ0v) is 26.7. The molecule has 5 nitrogen and oxygen atoms in total. The lowest BCUT2D eigenvalue weighted by atomic mass is 9.85. The average molecular weight is 616 g/mol. The number of hydrogen-bond donors (Lipinski definition) is 1. The van der Waals surface area contributed by atoms with Gasteiger partial charge in [0.15, 0.2) is 0 Å². The van der Waals surface area contributed by atoms with Crippen molar-refractivity contribution in [2.24, 2.45) is 5.41 Å². The van der Waals surface area contributed by atoms with Gasteiger partial charge in [-0.15, -0.1) is 11.3 Å². The number of piperidine rings is 1. The maximum Gasteiger partial charge on any atom is 0.321 e. The summed E-state index contributed by atoms with van der Waals surface area (Å²) in [7, 11) is 2.16. The minimum Gasteiger partial charge on any atom is -0.480 e. The minimum atomic E-state index is -0.780. The van der Waals surface area contributed by atoms with E-state index in [9.17, 15) is 23.1 Å². The molecule has 0 spiro atoms. The summed E-state index contributed by atoms with van der Waals surface area (Å²) in [4.78, 5) is 22.0. The van der Waals surface area contributed by atoms with Gasteiger partial charge in [0, 0.05) is 23.9 Å². The molecule has 0 aliphatic carbocycles. The Balaban J connectivity index is 0.000000199. The normalized spacial score (nSPS) is 19.2. The molecule has 0 radical (unpaired) electrons. The Morgan fingerprint density at radius 1 is 1.00 bits per heavy atom. The lowest BCUT2D eigenvalue weighted by Crippen LogP contribution is -2.48. The second kappa shape index (κ2) is 14.4. The van der Waals surface area contributed by atoms with Gasteiger partial charge in [-0.1, -0.05) is 39.8 Å². The van der Waals surface area contributed by atoms with E-state index in [1.165, 1.54) is 35.9 Å². The van der Waals surface area contributed by atoms with E-state index < -0.39 is 23.6 Å². The molecule has 2 atom stereocenters. The third-order valence-corrected chi connectivity index (χ3v) is 9.69. The number of carboxylic acids is 1. The van der Waals surface area contributed by atoms with Crippen LogP contribution in [0.15, 0.2) is 42.5 Å². The van der Waals surface area contributed by atoms with E-state index >= 15 is 0 Å². The van der Waals surface area contributed by atoms with Crippen molar-refractivity contribution >= 4 is 17.3 Å². The SMILES string of the molecule is CC(C)(C)C(C(=O)O)N1CCC(c2cccc(F)c2)C1.CCc1nc(Cc2cc(F)cc(F)c2)sc1C1CCN(C)CC1. The number of thiazole rings is 1. The largest absolute Gasteiger partial charge is 0.480 e. The van der Waals surface area contributed by atoms with Gasteiger partial charge in [-0.2, -0.15) is 0 Å². The third-order valence-electron chi connectivity index (χ3n) is 8.43. The number of likely N-dealkylation sites (tertiary alicyclic amines) is 2. The quantitative estimate of drug-likeness (QED) is 0.298. The number of halogens is 3. The van der Waals surface area contributed by atoms with Crippen molar-refractivity contribution in [3.8, 4) is 0 Å². The molecule has 1 N–H and O–H groups in total. The number of aliphatic carboxylic acids is 1. The van der Waals surface area contributed by atoms with E-state index in [4.69, 9.17) is 4.98 Å². The Morgan fingerprint density at radius 3 is 2.23 bits per heavy atom. The summed E-state index contributed by atoms with van der Waals surface area (Å²) in [5.41, 5.74) is 2.46. The molecule has 2 aromatic carbocycles. The van der Waals surface area contributed by atoms with Crippen LogP contribution in [0.1, 0.15) is 85.5 Å². The van der Waals surface area contributed by atoms with E-state index in [0.717, 1.165) is 54.8 Å². The van der Waals surface area contributed by atoms with Crippen molar-refractivity contribution < 1.29 is 23.1 Å². The van der Waals surface area contributed by atoms with Crippen LogP contribution >= 0.6 is 11.3 Å². The van der Waals surface area contributed by atoms with Gasteiger partial charge in [-0.25, -0.2) is 18.2 Å². The number of hydrogen-bond acceptors (Lipinski definition) is 5. The lowest BCUT2D eigenvalue weighted by Gasteiger charge is -2.34. The molecular weight excluding hydrogens is 571 g/mol. The van der Waals surface area contributed by atoms with Gasteiger partial charge < -0.3 is 10.0 Å². The van der Waals surface area contributed by atoms with Crippen molar-refractivity contribution in [3.05, 3.63) is 86.6 Å². The van der Waals surface area contributed by atoms with Crippen LogP contribution in [0, 0.1) is 22.9 Å². The lowest BCUT2D eigenvalue weighted by molar-refractivity contribution is -0.147. The first-order valence-electron chi connectivity index (χ1n) is 15.2. The highest BCUT2D eigenvalue weighted by Gasteiger charge is 2.40. The zero-order valence-electron chi connectivity index (χ0n) is 25.9. The first-order valence-corrected chi connectivity index (χ1v) is 16.0. The summed E-state index contributed by atoms with van der Waals surface area (Å²) in [6.45, 7) is 11.6. The molecular formula is C34H44F3N3O2S. The van der Waals surface area contributed by atoms with Crippen LogP contribution in [0.2, 0.25) is 0 Å². The Bertz CT molecular complexity index is 1360. The number of carbonyl (C=O) groups is 1. The number of rotatable bonds is 7. The number of carboxylic acid groups (broad SMARTS) is 1. The Labute approximate surface area is 257 Å². The van der Waals surface area contributed by atoms with Gasteiger partial charge in [0.05, 0.1) is 10.7 Å². The van der Waals surface area contributed by atoms with Crippen LogP contribution < -0.4 is 0 Å². The number of aromatic nitrogens is 1. The van der Waals surface area contributed by atoms with Crippen LogP contribution in [0.4, 0.5) is 13.2 Å². The van der Waals surface area contributed by atoms with Gasteiger partial charge in [-0.05, 0) is 105 Å². The highest BCUT2D eigenvalue weighted by molar-refractivity contribution is 7.11. The summed E-state index contributed by atoms with van der Waals surface area (Å²) in [5, 5.41) is 10.4.